The van der Waals surface area contributed by atoms with Crippen LogP contribution in [-0.4, -0.2) is 53.2 Å². The fourth-order valence-corrected chi connectivity index (χ4v) is 14.8. The molecule has 0 aliphatic rings. The molecule has 1 heterocycles. The van der Waals surface area contributed by atoms with Gasteiger partial charge in [0.15, 0.2) is 0 Å². The normalized spacial score (nSPS) is 14.0. The van der Waals surface area contributed by atoms with Crippen LogP contribution in [0.4, 0.5) is 13.2 Å². The van der Waals surface area contributed by atoms with E-state index in [0.717, 1.165) is 0 Å². The maximum absolute atomic E-state index is 16.9. The van der Waals surface area contributed by atoms with Gasteiger partial charge in [-0.2, -0.15) is 8.42 Å². The second kappa shape index (κ2) is 27.7. The third-order valence-corrected chi connectivity index (χ3v) is 20.8. The highest BCUT2D eigenvalue weighted by molar-refractivity contribution is 7.90. The van der Waals surface area contributed by atoms with Crippen LogP contribution in [-0.2, 0) is 74.9 Å². The second-order valence-electron chi connectivity index (χ2n) is 25.6. The van der Waals surface area contributed by atoms with Crippen LogP contribution in [0.5, 0.6) is 0 Å². The molecule has 0 saturated carbocycles. The maximum atomic E-state index is 16.9. The smallest absolute Gasteiger partial charge is 0.297 e. The van der Waals surface area contributed by atoms with E-state index in [-0.39, 0.29) is 45.6 Å². The zero-order chi connectivity index (χ0) is 66.7. The van der Waals surface area contributed by atoms with Crippen LogP contribution in [0.15, 0.2) is 128 Å². The Balaban J connectivity index is 1.18. The number of hydrogen-bond donors (Lipinski definition) is 5. The number of para-hydroxylation sites is 1. The summed E-state index contributed by atoms with van der Waals surface area (Å²) in [4.78, 5) is 41.4. The number of fused-ring (bicyclic) bond motifs is 1. The summed E-state index contributed by atoms with van der Waals surface area (Å²) in [6, 6.07) is 25.5. The fraction of sp³-hybridized carbons (Fsp3) is 0.406. The average molecular weight is 1300 g/mol. The average Bonchev–Trinajstić information content (AvgIpc) is 0.852. The number of aryl methyl sites for hydroxylation is 1. The molecule has 0 saturated heterocycles. The van der Waals surface area contributed by atoms with Gasteiger partial charge in [0, 0.05) is 11.5 Å². The predicted molar refractivity (Wildman–Crippen MR) is 341 cm³/mol. The van der Waals surface area contributed by atoms with E-state index in [9.17, 15) is 49.9 Å². The van der Waals surface area contributed by atoms with E-state index in [1.807, 2.05) is 48.5 Å². The largest absolute Gasteiger partial charge is 0.443 e. The molecule has 90 heavy (non-hydrogen) atoms. The topological polar surface area (TPSA) is 243 Å². The van der Waals surface area contributed by atoms with Gasteiger partial charge in [0.2, 0.25) is 22.8 Å². The fourth-order valence-electron chi connectivity index (χ4n) is 11.9. The van der Waals surface area contributed by atoms with Gasteiger partial charge in [-0.25, -0.2) is 44.2 Å². The van der Waals surface area contributed by atoms with Gasteiger partial charge >= 0.3 is 0 Å². The molecule has 21 heteroatoms. The molecule has 7 aromatic rings. The lowest BCUT2D eigenvalue weighted by Gasteiger charge is -2.26. The lowest BCUT2D eigenvalue weighted by Crippen LogP contribution is -2.33. The summed E-state index contributed by atoms with van der Waals surface area (Å²) < 4.78 is 142. The Kier molecular flexibility index (Phi) is 21.7. The molecular weight excluding hydrogens is 1220 g/mol. The van der Waals surface area contributed by atoms with Gasteiger partial charge in [-0.1, -0.05) is 97.9 Å². The van der Waals surface area contributed by atoms with Crippen molar-refractivity contribution in [1.29, 1.82) is 0 Å². The number of aliphatic hydroxyl groups is 2. The number of carbonyl (C=O) groups excluding carboxylic acids is 3. The first-order valence-corrected chi connectivity index (χ1v) is 34.5. The Morgan fingerprint density at radius 3 is 1.40 bits per heavy atom. The van der Waals surface area contributed by atoms with Gasteiger partial charge in [-0.3, -0.25) is 14.4 Å². The molecule has 4 unspecified atom stereocenters. The third-order valence-electron chi connectivity index (χ3n) is 16.8. The van der Waals surface area contributed by atoms with Crippen molar-refractivity contribution in [3.05, 3.63) is 193 Å². The molecule has 0 bridgehead atoms. The molecule has 0 aliphatic carbocycles. The number of rotatable bonds is 26. The Morgan fingerprint density at radius 1 is 0.489 bits per heavy atom. The van der Waals surface area contributed by atoms with Crippen molar-refractivity contribution >= 4 is 58.8 Å². The summed E-state index contributed by atoms with van der Waals surface area (Å²) in [5.41, 5.74) is 2.59. The van der Waals surface area contributed by atoms with Crippen LogP contribution >= 0.6 is 0 Å². The molecule has 0 radical (unpaired) electrons. The maximum Gasteiger partial charge on any atom is 0.297 e. The summed E-state index contributed by atoms with van der Waals surface area (Å²) in [6.07, 6.45) is -0.339. The summed E-state index contributed by atoms with van der Waals surface area (Å²) in [7, 11) is -13.4. The standard InChI is InChI=1S/C69H82F3N3O12S3/c1-39(2)53-31-48(70)33-55(57(53)36-63(76)74-89(83,84)51-25-22-44(8)60(35-51)69(12,13)80)42(6)19-18-41(5)52-28-29-61(72)67(59(52)38-65(78)73-88(81,82)50-26-23-47(24-27-50)68(10,11)79)45(9)21-20-43(7)56-34-49(71)32-54(40(3)4)58(56)37-64(77)75-90(85,86)66-30-46-16-14-15-17-62(46)87-66/h14-17,22-35,39-43,45,79-80H,18-21,36-38H2,1-13H3,(H,73,78)(H,74,76)(H,75,77). The number of furan rings is 1. The second-order valence-corrected chi connectivity index (χ2v) is 30.5. The number of hydrogen-bond acceptors (Lipinski definition) is 12. The van der Waals surface area contributed by atoms with Crippen LogP contribution in [0, 0.1) is 24.4 Å². The van der Waals surface area contributed by atoms with E-state index in [0.29, 0.717) is 79.4 Å². The van der Waals surface area contributed by atoms with Crippen LogP contribution in [0.25, 0.3) is 11.0 Å². The van der Waals surface area contributed by atoms with Crippen molar-refractivity contribution in [3.8, 4) is 0 Å². The Labute approximate surface area is 527 Å². The first kappa shape index (κ1) is 70.3. The molecule has 15 nitrogen and oxygen atoms in total. The van der Waals surface area contributed by atoms with Gasteiger partial charge in [0.05, 0.1) is 40.3 Å². The number of sulfonamides is 3. The molecule has 0 fully saturated rings. The van der Waals surface area contributed by atoms with Gasteiger partial charge in [0.1, 0.15) is 23.0 Å². The van der Waals surface area contributed by atoms with E-state index < -0.39 is 124 Å². The van der Waals surface area contributed by atoms with E-state index in [1.54, 1.807) is 38.1 Å². The van der Waals surface area contributed by atoms with Crippen molar-refractivity contribution in [2.75, 3.05) is 0 Å². The van der Waals surface area contributed by atoms with Crippen LogP contribution in [0.3, 0.4) is 0 Å². The van der Waals surface area contributed by atoms with E-state index in [2.05, 4.69) is 14.2 Å². The molecule has 0 spiro atoms. The first-order valence-electron chi connectivity index (χ1n) is 30.0. The minimum absolute atomic E-state index is 0.121. The highest BCUT2D eigenvalue weighted by Gasteiger charge is 2.32. The Morgan fingerprint density at radius 2 is 0.922 bits per heavy atom. The lowest BCUT2D eigenvalue weighted by atomic mass is 9.79. The summed E-state index contributed by atoms with van der Waals surface area (Å²) in [5.74, 6) is -7.33. The molecule has 484 valence electrons. The van der Waals surface area contributed by atoms with Crippen molar-refractivity contribution in [2.24, 2.45) is 0 Å². The molecule has 0 aliphatic heterocycles. The molecule has 3 amide bonds. The molecular formula is C69H82F3N3O12S3. The zero-order valence-corrected chi connectivity index (χ0v) is 55.6. The molecule has 5 N–H and O–H groups in total. The van der Waals surface area contributed by atoms with Crippen molar-refractivity contribution in [1.82, 2.24) is 14.2 Å². The Hall–Kier alpha value is -7.17. The van der Waals surface area contributed by atoms with Crippen molar-refractivity contribution in [3.63, 3.8) is 0 Å². The number of carbonyl (C=O) groups is 3. The van der Waals surface area contributed by atoms with Crippen LogP contribution in [0.2, 0.25) is 0 Å². The molecule has 1 aromatic heterocycles. The summed E-state index contributed by atoms with van der Waals surface area (Å²) in [5, 5.41) is 21.3. The Bertz CT molecular complexity index is 4160. The van der Waals surface area contributed by atoms with Gasteiger partial charge in [-0.05, 0) is 223 Å². The summed E-state index contributed by atoms with van der Waals surface area (Å²) in [6.45, 7) is 22.3. The molecule has 7 rings (SSSR count). The van der Waals surface area contributed by atoms with Crippen molar-refractivity contribution in [2.45, 2.75) is 197 Å². The molecule has 4 atom stereocenters. The third kappa shape index (κ3) is 16.9. The lowest BCUT2D eigenvalue weighted by molar-refractivity contribution is -0.119. The zero-order valence-electron chi connectivity index (χ0n) is 53.1. The van der Waals surface area contributed by atoms with Gasteiger partial charge in [0.25, 0.3) is 30.1 Å². The highest BCUT2D eigenvalue weighted by Crippen LogP contribution is 2.40. The monoisotopic (exact) mass is 1300 g/mol. The van der Waals surface area contributed by atoms with E-state index in [1.165, 1.54) is 113 Å². The highest BCUT2D eigenvalue weighted by atomic mass is 32.2. The van der Waals surface area contributed by atoms with Crippen LogP contribution < -0.4 is 14.2 Å². The summed E-state index contributed by atoms with van der Waals surface area (Å²) >= 11 is 0. The first-order chi connectivity index (χ1) is 41.8. The van der Waals surface area contributed by atoms with Crippen LogP contribution in [0.1, 0.15) is 211 Å². The number of benzene rings is 6. The quantitative estimate of drug-likeness (QED) is 0.0340. The number of amides is 3. The van der Waals surface area contributed by atoms with E-state index >= 15 is 13.2 Å². The SMILES string of the molecule is Cc1ccc(S(=O)(=O)NC(=O)Cc2c(C(C)C)cc(F)cc2C(C)CCC(C)c2ccc(F)c(C(C)CCC(C)c3cc(F)cc(C(C)C)c3CC(=O)NS(=O)(=O)c3cc4ccccc4o3)c2CC(=O)NS(=O)(=O)c2ccc(C(C)(C)O)cc2)cc1C(C)(C)O. The molecule has 6 aromatic carbocycles. The van der Waals surface area contributed by atoms with Gasteiger partial charge < -0.3 is 14.6 Å². The van der Waals surface area contributed by atoms with E-state index in [4.69, 9.17) is 4.42 Å². The minimum Gasteiger partial charge on any atom is -0.443 e. The predicted octanol–water partition coefficient (Wildman–Crippen LogP) is 13.4. The number of halogens is 3. The van der Waals surface area contributed by atoms with Crippen molar-refractivity contribution < 1.29 is 67.4 Å². The van der Waals surface area contributed by atoms with Gasteiger partial charge in [-0.15, -0.1) is 0 Å². The number of nitrogens with one attached hydrogen (secondary N) is 3. The minimum atomic E-state index is -4.51.